The Morgan fingerprint density at radius 2 is 1.67 bits per heavy atom. The molecule has 30 heavy (non-hydrogen) atoms. The first-order chi connectivity index (χ1) is 14.6. The first kappa shape index (κ1) is 19.8. The van der Waals surface area contributed by atoms with Gasteiger partial charge >= 0.3 is 0 Å². The lowest BCUT2D eigenvalue weighted by molar-refractivity contribution is -0.121. The molecule has 0 aliphatic carbocycles. The van der Waals surface area contributed by atoms with Gasteiger partial charge in [0.25, 0.3) is 5.91 Å². The van der Waals surface area contributed by atoms with E-state index >= 15 is 0 Å². The van der Waals surface area contributed by atoms with E-state index in [2.05, 4.69) is 5.32 Å². The molecule has 1 aliphatic rings. The van der Waals surface area contributed by atoms with Crippen LogP contribution >= 0.6 is 0 Å². The lowest BCUT2D eigenvalue weighted by Gasteiger charge is -2.32. The molecule has 0 spiro atoms. The molecule has 0 bridgehead atoms. The van der Waals surface area contributed by atoms with Gasteiger partial charge in [0.2, 0.25) is 5.91 Å². The molecular weight excluding hydrogens is 379 g/mol. The van der Waals surface area contributed by atoms with Crippen molar-refractivity contribution in [1.82, 2.24) is 4.90 Å². The average Bonchev–Trinajstić information content (AvgIpc) is 2.80. The first-order valence-electron chi connectivity index (χ1n) is 10.1. The molecule has 1 atom stereocenters. The molecule has 0 aromatic heterocycles. The van der Waals surface area contributed by atoms with E-state index in [1.54, 1.807) is 29.2 Å². The third-order valence-corrected chi connectivity index (χ3v) is 5.41. The molecule has 1 fully saturated rings. The van der Waals surface area contributed by atoms with E-state index in [4.69, 9.17) is 0 Å². The molecule has 0 radical (unpaired) electrons. The van der Waals surface area contributed by atoms with E-state index in [0.717, 1.165) is 24.0 Å². The van der Waals surface area contributed by atoms with Crippen molar-refractivity contribution in [2.75, 3.05) is 18.4 Å². The van der Waals surface area contributed by atoms with Crippen molar-refractivity contribution in [2.45, 2.75) is 12.8 Å². The van der Waals surface area contributed by atoms with Gasteiger partial charge in [-0.05, 0) is 60.4 Å². The highest BCUT2D eigenvalue weighted by Gasteiger charge is 2.29. The number of rotatable bonds is 4. The molecule has 2 amide bonds. The molecule has 4 rings (SSSR count). The number of nitrogens with zero attached hydrogens (tertiary/aromatic N) is 1. The van der Waals surface area contributed by atoms with Crippen LogP contribution in [0.1, 0.15) is 23.2 Å². The van der Waals surface area contributed by atoms with Crippen LogP contribution in [0.2, 0.25) is 0 Å². The van der Waals surface area contributed by atoms with Gasteiger partial charge in [-0.25, -0.2) is 4.39 Å². The Hall–Kier alpha value is -3.47. The van der Waals surface area contributed by atoms with Crippen LogP contribution in [0.3, 0.4) is 0 Å². The summed E-state index contributed by atoms with van der Waals surface area (Å²) < 4.78 is 13.2. The summed E-state index contributed by atoms with van der Waals surface area (Å²) in [5, 5.41) is 2.98. The summed E-state index contributed by atoms with van der Waals surface area (Å²) in [4.78, 5) is 27.3. The molecule has 1 aliphatic heterocycles. The van der Waals surface area contributed by atoms with Crippen LogP contribution < -0.4 is 5.32 Å². The Balaban J connectivity index is 1.43. The average molecular weight is 402 g/mol. The van der Waals surface area contributed by atoms with Crippen molar-refractivity contribution < 1.29 is 14.0 Å². The van der Waals surface area contributed by atoms with Gasteiger partial charge in [-0.15, -0.1) is 0 Å². The van der Waals surface area contributed by atoms with Crippen LogP contribution in [0.25, 0.3) is 11.1 Å². The quantitative estimate of drug-likeness (QED) is 0.669. The normalized spacial score (nSPS) is 16.2. The molecule has 152 valence electrons. The number of likely N-dealkylation sites (tertiary alicyclic amines) is 1. The van der Waals surface area contributed by atoms with Crippen LogP contribution in [-0.4, -0.2) is 29.8 Å². The second kappa shape index (κ2) is 8.91. The van der Waals surface area contributed by atoms with E-state index in [-0.39, 0.29) is 23.5 Å². The van der Waals surface area contributed by atoms with Gasteiger partial charge in [0.15, 0.2) is 0 Å². The number of benzene rings is 3. The number of carbonyl (C=O) groups is 2. The number of halogens is 1. The number of hydrogen-bond donors (Lipinski definition) is 1. The van der Waals surface area contributed by atoms with Crippen molar-refractivity contribution in [2.24, 2.45) is 5.92 Å². The summed E-state index contributed by atoms with van der Waals surface area (Å²) in [6.45, 7) is 1.08. The minimum Gasteiger partial charge on any atom is -0.338 e. The lowest BCUT2D eigenvalue weighted by atomic mass is 9.96. The predicted molar refractivity (Wildman–Crippen MR) is 116 cm³/mol. The fourth-order valence-electron chi connectivity index (χ4n) is 3.80. The minimum absolute atomic E-state index is 0.0357. The Morgan fingerprint density at radius 3 is 2.43 bits per heavy atom. The monoisotopic (exact) mass is 402 g/mol. The number of anilines is 1. The smallest absolute Gasteiger partial charge is 0.253 e. The summed E-state index contributed by atoms with van der Waals surface area (Å²) in [6.07, 6.45) is 1.55. The third kappa shape index (κ3) is 4.57. The van der Waals surface area contributed by atoms with Crippen molar-refractivity contribution >= 4 is 17.5 Å². The van der Waals surface area contributed by atoms with E-state index in [9.17, 15) is 14.0 Å². The SMILES string of the molecule is O=C(Nc1cccc(-c2ccc(F)cc2)c1)C1CCCN(C(=O)c2ccccc2)C1. The fraction of sp³-hybridized carbons (Fsp3) is 0.200. The van der Waals surface area contributed by atoms with Crippen LogP contribution in [0.5, 0.6) is 0 Å². The van der Waals surface area contributed by atoms with E-state index in [0.29, 0.717) is 24.3 Å². The highest BCUT2D eigenvalue weighted by atomic mass is 19.1. The topological polar surface area (TPSA) is 49.4 Å². The Morgan fingerprint density at radius 1 is 0.900 bits per heavy atom. The van der Waals surface area contributed by atoms with Gasteiger partial charge in [-0.3, -0.25) is 9.59 Å². The fourth-order valence-corrected chi connectivity index (χ4v) is 3.80. The van der Waals surface area contributed by atoms with Gasteiger partial charge in [0, 0.05) is 24.3 Å². The zero-order valence-electron chi connectivity index (χ0n) is 16.6. The van der Waals surface area contributed by atoms with E-state index in [1.807, 2.05) is 42.5 Å². The molecule has 5 heteroatoms. The highest BCUT2D eigenvalue weighted by molar-refractivity contribution is 5.96. The Bertz CT molecular complexity index is 1030. The number of piperidine rings is 1. The number of amides is 2. The van der Waals surface area contributed by atoms with Gasteiger partial charge in [0.1, 0.15) is 5.82 Å². The highest BCUT2D eigenvalue weighted by Crippen LogP contribution is 2.25. The van der Waals surface area contributed by atoms with Crippen LogP contribution in [0.4, 0.5) is 10.1 Å². The molecule has 1 heterocycles. The zero-order chi connectivity index (χ0) is 20.9. The molecular formula is C25H23FN2O2. The number of nitrogens with one attached hydrogen (secondary N) is 1. The maximum atomic E-state index is 13.2. The summed E-state index contributed by atoms with van der Waals surface area (Å²) in [5.74, 6) is -0.653. The Labute approximate surface area is 175 Å². The molecule has 4 nitrogen and oxygen atoms in total. The van der Waals surface area contributed by atoms with Crippen molar-refractivity contribution in [3.63, 3.8) is 0 Å². The number of hydrogen-bond acceptors (Lipinski definition) is 2. The van der Waals surface area contributed by atoms with Crippen molar-refractivity contribution in [3.05, 3.63) is 90.2 Å². The first-order valence-corrected chi connectivity index (χ1v) is 10.1. The summed E-state index contributed by atoms with van der Waals surface area (Å²) in [7, 11) is 0. The van der Waals surface area contributed by atoms with Crippen molar-refractivity contribution in [1.29, 1.82) is 0 Å². The van der Waals surface area contributed by atoms with Gasteiger partial charge in [-0.1, -0.05) is 42.5 Å². The molecule has 1 saturated heterocycles. The maximum Gasteiger partial charge on any atom is 0.253 e. The second-order valence-electron chi connectivity index (χ2n) is 7.53. The van der Waals surface area contributed by atoms with Crippen LogP contribution in [-0.2, 0) is 4.79 Å². The molecule has 1 unspecified atom stereocenters. The third-order valence-electron chi connectivity index (χ3n) is 5.41. The lowest BCUT2D eigenvalue weighted by Crippen LogP contribution is -2.43. The van der Waals surface area contributed by atoms with Crippen LogP contribution in [0.15, 0.2) is 78.9 Å². The van der Waals surface area contributed by atoms with E-state index < -0.39 is 0 Å². The summed E-state index contributed by atoms with van der Waals surface area (Å²) >= 11 is 0. The van der Waals surface area contributed by atoms with Crippen LogP contribution in [0, 0.1) is 11.7 Å². The maximum absolute atomic E-state index is 13.2. The van der Waals surface area contributed by atoms with Gasteiger partial charge in [0.05, 0.1) is 5.92 Å². The van der Waals surface area contributed by atoms with Crippen molar-refractivity contribution in [3.8, 4) is 11.1 Å². The molecule has 0 saturated carbocycles. The largest absolute Gasteiger partial charge is 0.338 e. The van der Waals surface area contributed by atoms with E-state index in [1.165, 1.54) is 12.1 Å². The number of carbonyl (C=O) groups excluding carboxylic acids is 2. The second-order valence-corrected chi connectivity index (χ2v) is 7.53. The standard InChI is InChI=1S/C25H23FN2O2/c26-22-13-11-18(12-14-22)20-8-4-10-23(16-20)27-24(29)21-9-5-15-28(17-21)25(30)19-6-2-1-3-7-19/h1-4,6-8,10-14,16,21H,5,9,15,17H2,(H,27,29). The summed E-state index contributed by atoms with van der Waals surface area (Å²) in [5.41, 5.74) is 3.11. The Kier molecular flexibility index (Phi) is 5.89. The molecule has 3 aromatic carbocycles. The summed E-state index contributed by atoms with van der Waals surface area (Å²) in [6, 6.07) is 22.9. The zero-order valence-corrected chi connectivity index (χ0v) is 16.6. The predicted octanol–water partition coefficient (Wildman–Crippen LogP) is 4.98. The van der Waals surface area contributed by atoms with Gasteiger partial charge in [-0.2, -0.15) is 0 Å². The van der Waals surface area contributed by atoms with Gasteiger partial charge < -0.3 is 10.2 Å². The molecule has 1 N–H and O–H groups in total. The minimum atomic E-state index is -0.282. The molecule has 3 aromatic rings.